The first-order valence-corrected chi connectivity index (χ1v) is 5.04. The van der Waals surface area contributed by atoms with Crippen molar-refractivity contribution in [2.75, 3.05) is 6.16 Å². The summed E-state index contributed by atoms with van der Waals surface area (Å²) in [6.07, 6.45) is 3.77. The molecule has 1 unspecified atom stereocenters. The molecule has 0 saturated carbocycles. The van der Waals surface area contributed by atoms with Crippen molar-refractivity contribution in [2.45, 2.75) is 0 Å². The van der Waals surface area contributed by atoms with Crippen molar-refractivity contribution >= 4 is 14.1 Å². The van der Waals surface area contributed by atoms with Crippen molar-refractivity contribution in [3.63, 3.8) is 0 Å². The van der Waals surface area contributed by atoms with Gasteiger partial charge in [0.05, 0.1) is 0 Å². The first-order valence-electron chi connectivity index (χ1n) is 3.64. The van der Waals surface area contributed by atoms with Crippen molar-refractivity contribution in [2.24, 2.45) is 0 Å². The zero-order valence-electron chi connectivity index (χ0n) is 6.55. The Morgan fingerprint density at radius 2 is 2.00 bits per heavy atom. The van der Waals surface area contributed by atoms with Crippen molar-refractivity contribution in [3.8, 4) is 0 Å². The summed E-state index contributed by atoms with van der Waals surface area (Å²) in [5.74, 6) is 0. The summed E-state index contributed by atoms with van der Waals surface area (Å²) >= 11 is 0. The minimum atomic E-state index is -2.03. The van der Waals surface area contributed by atoms with Crippen LogP contribution in [0.5, 0.6) is 0 Å². The molecular formula is C9H10O2P+. The van der Waals surface area contributed by atoms with Crippen LogP contribution in [0.3, 0.4) is 0 Å². The molecule has 3 heteroatoms. The van der Waals surface area contributed by atoms with Gasteiger partial charge in [0.25, 0.3) is 0 Å². The van der Waals surface area contributed by atoms with Crippen LogP contribution in [0.25, 0.3) is 6.08 Å². The standard InChI is InChI=1S/C9H9O2P/c10-12(11)8-4-7-9-5-2-1-3-6-9/h1-7H,8H2/p+1. The van der Waals surface area contributed by atoms with Gasteiger partial charge < -0.3 is 0 Å². The molecule has 0 amide bonds. The van der Waals surface area contributed by atoms with Crippen LogP contribution >= 0.6 is 8.03 Å². The third-order valence-corrected chi connectivity index (χ3v) is 1.89. The first kappa shape index (κ1) is 9.11. The maximum Gasteiger partial charge on any atom is 0.509 e. The zero-order chi connectivity index (χ0) is 8.81. The minimum Gasteiger partial charge on any atom is -0.160 e. The number of hydrogen-bond acceptors (Lipinski definition) is 1. The van der Waals surface area contributed by atoms with E-state index in [0.717, 1.165) is 5.56 Å². The van der Waals surface area contributed by atoms with Crippen LogP contribution in [-0.2, 0) is 4.57 Å². The van der Waals surface area contributed by atoms with Crippen LogP contribution in [0.2, 0.25) is 0 Å². The Kier molecular flexibility index (Phi) is 3.65. The molecule has 2 nitrogen and oxygen atoms in total. The molecule has 1 rings (SSSR count). The highest BCUT2D eigenvalue weighted by Crippen LogP contribution is 2.12. The monoisotopic (exact) mass is 181 g/mol. The predicted molar refractivity (Wildman–Crippen MR) is 50.2 cm³/mol. The van der Waals surface area contributed by atoms with Gasteiger partial charge in [-0.1, -0.05) is 36.4 Å². The van der Waals surface area contributed by atoms with E-state index in [1.54, 1.807) is 6.08 Å². The lowest BCUT2D eigenvalue weighted by molar-refractivity contribution is 0.506. The largest absolute Gasteiger partial charge is 0.509 e. The fourth-order valence-electron chi connectivity index (χ4n) is 0.843. The van der Waals surface area contributed by atoms with E-state index in [1.165, 1.54) is 0 Å². The number of rotatable bonds is 3. The lowest BCUT2D eigenvalue weighted by Crippen LogP contribution is -1.70. The molecule has 0 saturated heterocycles. The topological polar surface area (TPSA) is 37.3 Å². The minimum absolute atomic E-state index is 0.226. The summed E-state index contributed by atoms with van der Waals surface area (Å²) in [7, 11) is -2.03. The maximum absolute atomic E-state index is 10.3. The fraction of sp³-hybridized carbons (Fsp3) is 0.111. The van der Waals surface area contributed by atoms with E-state index >= 15 is 0 Å². The second-order valence-electron chi connectivity index (χ2n) is 2.35. The van der Waals surface area contributed by atoms with Crippen LogP contribution in [0.15, 0.2) is 36.4 Å². The lowest BCUT2D eigenvalue weighted by atomic mass is 10.2. The molecule has 0 aromatic heterocycles. The molecule has 0 spiro atoms. The highest BCUT2D eigenvalue weighted by Gasteiger charge is 2.03. The van der Waals surface area contributed by atoms with Gasteiger partial charge in [-0.2, -0.15) is 4.89 Å². The Morgan fingerprint density at radius 3 is 2.58 bits per heavy atom. The highest BCUT2D eigenvalue weighted by atomic mass is 31.1. The Morgan fingerprint density at radius 1 is 1.33 bits per heavy atom. The van der Waals surface area contributed by atoms with Crippen molar-refractivity contribution in [1.29, 1.82) is 0 Å². The van der Waals surface area contributed by atoms with Crippen LogP contribution in [0.1, 0.15) is 5.56 Å². The van der Waals surface area contributed by atoms with Gasteiger partial charge in [-0.25, -0.2) is 0 Å². The van der Waals surface area contributed by atoms with Crippen LogP contribution < -0.4 is 0 Å². The van der Waals surface area contributed by atoms with E-state index in [-0.39, 0.29) is 6.16 Å². The molecule has 0 aliphatic carbocycles. The van der Waals surface area contributed by atoms with Gasteiger partial charge in [-0.05, 0) is 16.2 Å². The third-order valence-electron chi connectivity index (χ3n) is 1.37. The SMILES string of the molecule is O=[P+](O)CC=Cc1ccccc1. The molecule has 0 aliphatic heterocycles. The summed E-state index contributed by atoms with van der Waals surface area (Å²) in [6, 6.07) is 9.68. The number of allylic oxidation sites excluding steroid dienone is 1. The second-order valence-corrected chi connectivity index (χ2v) is 3.42. The van der Waals surface area contributed by atoms with E-state index in [0.29, 0.717) is 0 Å². The summed E-state index contributed by atoms with van der Waals surface area (Å²) in [6.45, 7) is 0. The summed E-state index contributed by atoms with van der Waals surface area (Å²) in [5.41, 5.74) is 1.05. The Balaban J connectivity index is 2.52. The molecular weight excluding hydrogens is 171 g/mol. The van der Waals surface area contributed by atoms with Crippen molar-refractivity contribution < 1.29 is 9.46 Å². The second kappa shape index (κ2) is 4.81. The van der Waals surface area contributed by atoms with E-state index in [4.69, 9.17) is 4.89 Å². The average molecular weight is 181 g/mol. The van der Waals surface area contributed by atoms with Gasteiger partial charge in [-0.15, -0.1) is 0 Å². The van der Waals surface area contributed by atoms with E-state index in [2.05, 4.69) is 0 Å². The van der Waals surface area contributed by atoms with Crippen molar-refractivity contribution in [3.05, 3.63) is 42.0 Å². The summed E-state index contributed by atoms with van der Waals surface area (Å²) < 4.78 is 10.3. The van der Waals surface area contributed by atoms with Gasteiger partial charge in [0.1, 0.15) is 0 Å². The van der Waals surface area contributed by atoms with Crippen LogP contribution in [0.4, 0.5) is 0 Å². The smallest absolute Gasteiger partial charge is 0.160 e. The fourth-order valence-corrected chi connectivity index (χ4v) is 1.13. The third kappa shape index (κ3) is 3.42. The van der Waals surface area contributed by atoms with Crippen LogP contribution in [0, 0.1) is 0 Å². The van der Waals surface area contributed by atoms with E-state index < -0.39 is 8.03 Å². The predicted octanol–water partition coefficient (Wildman–Crippen LogP) is 2.43. The van der Waals surface area contributed by atoms with Crippen LogP contribution in [-0.4, -0.2) is 11.1 Å². The summed E-state index contributed by atoms with van der Waals surface area (Å²) in [5, 5.41) is 0. The molecule has 1 atom stereocenters. The van der Waals surface area contributed by atoms with E-state index in [1.807, 2.05) is 36.4 Å². The molecule has 0 bridgehead atoms. The quantitative estimate of drug-likeness (QED) is 0.727. The Bertz CT molecular complexity index is 280. The number of hydrogen-bond donors (Lipinski definition) is 1. The Labute approximate surface area is 72.4 Å². The Hall–Kier alpha value is -0.980. The first-order chi connectivity index (χ1) is 5.79. The van der Waals surface area contributed by atoms with Crippen molar-refractivity contribution in [1.82, 2.24) is 0 Å². The molecule has 0 aliphatic rings. The molecule has 0 heterocycles. The lowest BCUT2D eigenvalue weighted by Gasteiger charge is -1.87. The zero-order valence-corrected chi connectivity index (χ0v) is 7.45. The van der Waals surface area contributed by atoms with Gasteiger partial charge in [0, 0.05) is 0 Å². The van der Waals surface area contributed by atoms with Gasteiger partial charge in [-0.3, -0.25) is 0 Å². The van der Waals surface area contributed by atoms with Gasteiger partial charge in [0.2, 0.25) is 0 Å². The molecule has 1 N–H and O–H groups in total. The normalized spacial score (nSPS) is 11.9. The number of benzene rings is 1. The summed E-state index contributed by atoms with van der Waals surface area (Å²) in [4.78, 5) is 8.49. The molecule has 62 valence electrons. The van der Waals surface area contributed by atoms with E-state index in [9.17, 15) is 4.57 Å². The van der Waals surface area contributed by atoms with Gasteiger partial charge >= 0.3 is 8.03 Å². The average Bonchev–Trinajstić information content (AvgIpc) is 2.05. The molecule has 0 radical (unpaired) electrons. The molecule has 0 fully saturated rings. The molecule has 1 aromatic carbocycles. The highest BCUT2D eigenvalue weighted by molar-refractivity contribution is 7.38. The molecule has 1 aromatic rings. The maximum atomic E-state index is 10.3. The molecule has 12 heavy (non-hydrogen) atoms. The van der Waals surface area contributed by atoms with Gasteiger partial charge in [0.15, 0.2) is 6.16 Å².